The number of rotatable bonds is 4. The number of anilines is 1. The van der Waals surface area contributed by atoms with E-state index in [0.29, 0.717) is 0 Å². The van der Waals surface area contributed by atoms with Gasteiger partial charge in [0.1, 0.15) is 17.9 Å². The zero-order chi connectivity index (χ0) is 23.1. The predicted octanol–water partition coefficient (Wildman–Crippen LogP) is 5.47. The Bertz CT molecular complexity index is 985. The molecule has 0 saturated carbocycles. The number of carbonyl (C=O) groups excluding carboxylic acids is 2. The summed E-state index contributed by atoms with van der Waals surface area (Å²) in [5.41, 5.74) is 1.61. The maximum atomic E-state index is 12.8. The maximum Gasteiger partial charge on any atom is 0.416 e. The van der Waals surface area contributed by atoms with E-state index in [0.717, 1.165) is 51.6 Å². The highest BCUT2D eigenvalue weighted by atomic mass is 19.4. The van der Waals surface area contributed by atoms with Crippen LogP contribution in [0.1, 0.15) is 43.0 Å². The number of ether oxygens (including phenoxy) is 1. The van der Waals surface area contributed by atoms with Gasteiger partial charge in [-0.1, -0.05) is 12.1 Å². The summed E-state index contributed by atoms with van der Waals surface area (Å²) in [6, 6.07) is 7.25. The third-order valence-corrected chi connectivity index (χ3v) is 4.79. The Labute approximate surface area is 179 Å². The van der Waals surface area contributed by atoms with Gasteiger partial charge < -0.3 is 9.64 Å². The molecule has 0 aliphatic carbocycles. The fraction of sp³-hybridized carbons (Fsp3) is 0.391. The van der Waals surface area contributed by atoms with Gasteiger partial charge in [-0.2, -0.15) is 13.2 Å². The average Bonchev–Trinajstić information content (AvgIpc) is 2.90. The van der Waals surface area contributed by atoms with Gasteiger partial charge in [0.2, 0.25) is 0 Å². The second-order valence-corrected chi connectivity index (χ2v) is 8.69. The van der Waals surface area contributed by atoms with Crippen molar-refractivity contribution in [2.45, 2.75) is 52.9 Å². The third kappa shape index (κ3) is 5.00. The summed E-state index contributed by atoms with van der Waals surface area (Å²) >= 11 is 0. The van der Waals surface area contributed by atoms with Gasteiger partial charge in [0.25, 0.3) is 5.91 Å². The smallest absolute Gasteiger partial charge is 0.416 e. The van der Waals surface area contributed by atoms with Crippen molar-refractivity contribution in [2.24, 2.45) is 0 Å². The Balaban J connectivity index is 1.79. The molecule has 3 rings (SSSR count). The number of benzene rings is 2. The fourth-order valence-electron chi connectivity index (χ4n) is 3.55. The molecule has 166 valence electrons. The molecule has 0 radical (unpaired) electrons. The van der Waals surface area contributed by atoms with Gasteiger partial charge in [0.05, 0.1) is 11.3 Å². The van der Waals surface area contributed by atoms with E-state index >= 15 is 0 Å². The van der Waals surface area contributed by atoms with Crippen molar-refractivity contribution >= 4 is 17.6 Å². The van der Waals surface area contributed by atoms with Crippen LogP contribution in [0.5, 0.6) is 5.75 Å². The SMILES string of the molecule is Cc1cc(CN2CC(=O)N(c3ccc(C(F)(F)F)cc3)C2=O)cc(C)c1OC(C)(C)C. The summed E-state index contributed by atoms with van der Waals surface area (Å²) in [6.45, 7) is 9.79. The highest BCUT2D eigenvalue weighted by molar-refractivity contribution is 6.19. The van der Waals surface area contributed by atoms with Crippen molar-refractivity contribution in [2.75, 3.05) is 11.4 Å². The van der Waals surface area contributed by atoms with Gasteiger partial charge in [0.15, 0.2) is 0 Å². The number of nitrogens with zero attached hydrogens (tertiary/aromatic N) is 2. The highest BCUT2D eigenvalue weighted by Gasteiger charge is 2.38. The minimum atomic E-state index is -4.48. The third-order valence-electron chi connectivity index (χ3n) is 4.79. The summed E-state index contributed by atoms with van der Waals surface area (Å²) in [5.74, 6) is 0.303. The second kappa shape index (κ2) is 7.90. The van der Waals surface area contributed by atoms with E-state index in [9.17, 15) is 22.8 Å². The Morgan fingerprint density at radius 2 is 1.52 bits per heavy atom. The molecule has 8 heteroatoms. The molecule has 0 atom stereocenters. The van der Waals surface area contributed by atoms with Crippen LogP contribution in [0.15, 0.2) is 36.4 Å². The molecule has 0 unspecified atom stereocenters. The number of imide groups is 1. The molecule has 0 aromatic heterocycles. The molecular weight excluding hydrogens is 409 g/mol. The molecule has 1 fully saturated rings. The van der Waals surface area contributed by atoms with Crippen LogP contribution in [0.4, 0.5) is 23.7 Å². The lowest BCUT2D eigenvalue weighted by molar-refractivity contribution is -0.137. The summed E-state index contributed by atoms with van der Waals surface area (Å²) < 4.78 is 44.3. The van der Waals surface area contributed by atoms with Crippen molar-refractivity contribution in [3.05, 3.63) is 58.7 Å². The van der Waals surface area contributed by atoms with E-state index in [1.807, 2.05) is 46.8 Å². The van der Waals surface area contributed by atoms with Gasteiger partial charge in [-0.3, -0.25) is 4.79 Å². The summed E-state index contributed by atoms with van der Waals surface area (Å²) in [4.78, 5) is 27.5. The van der Waals surface area contributed by atoms with E-state index < -0.39 is 23.7 Å². The number of alkyl halides is 3. The van der Waals surface area contributed by atoms with Crippen LogP contribution in [0.25, 0.3) is 0 Å². The first-order valence-corrected chi connectivity index (χ1v) is 9.84. The van der Waals surface area contributed by atoms with Gasteiger partial charge in [-0.05, 0) is 75.6 Å². The van der Waals surface area contributed by atoms with Crippen LogP contribution in [-0.4, -0.2) is 29.0 Å². The van der Waals surface area contributed by atoms with E-state index in [2.05, 4.69) is 0 Å². The van der Waals surface area contributed by atoms with Crippen LogP contribution < -0.4 is 9.64 Å². The lowest BCUT2D eigenvalue weighted by atomic mass is 10.0. The lowest BCUT2D eigenvalue weighted by Gasteiger charge is -2.25. The Morgan fingerprint density at radius 3 is 2.00 bits per heavy atom. The number of amides is 3. The first-order chi connectivity index (χ1) is 14.3. The molecular formula is C23H25F3N2O3. The fourth-order valence-corrected chi connectivity index (χ4v) is 3.55. The van der Waals surface area contributed by atoms with Gasteiger partial charge in [-0.15, -0.1) is 0 Å². The van der Waals surface area contributed by atoms with Crippen LogP contribution in [0.2, 0.25) is 0 Å². The van der Waals surface area contributed by atoms with E-state index in [4.69, 9.17) is 4.74 Å². The minimum Gasteiger partial charge on any atom is -0.488 e. The van der Waals surface area contributed by atoms with Crippen LogP contribution in [-0.2, 0) is 17.5 Å². The van der Waals surface area contributed by atoms with Gasteiger partial charge in [0, 0.05) is 6.54 Å². The average molecular weight is 434 g/mol. The molecule has 3 amide bonds. The molecule has 2 aromatic carbocycles. The topological polar surface area (TPSA) is 49.9 Å². The first kappa shape index (κ1) is 22.7. The normalized spacial score (nSPS) is 15.1. The quantitative estimate of drug-likeness (QED) is 0.600. The largest absolute Gasteiger partial charge is 0.488 e. The molecule has 2 aromatic rings. The molecule has 0 spiro atoms. The van der Waals surface area contributed by atoms with Gasteiger partial charge >= 0.3 is 12.2 Å². The molecule has 5 nitrogen and oxygen atoms in total. The van der Waals surface area contributed by atoms with Crippen LogP contribution >= 0.6 is 0 Å². The Kier molecular flexibility index (Phi) is 5.78. The number of carbonyl (C=O) groups is 2. The predicted molar refractivity (Wildman–Crippen MR) is 111 cm³/mol. The van der Waals surface area contributed by atoms with Crippen LogP contribution in [0.3, 0.4) is 0 Å². The monoisotopic (exact) mass is 434 g/mol. The molecule has 1 aliphatic heterocycles. The van der Waals surface area contributed by atoms with Gasteiger partial charge in [-0.25, -0.2) is 9.69 Å². The summed E-state index contributed by atoms with van der Waals surface area (Å²) in [6.07, 6.45) is -4.48. The van der Waals surface area contributed by atoms with E-state index in [-0.39, 0.29) is 24.4 Å². The number of hydrogen-bond donors (Lipinski definition) is 0. The standard InChI is InChI=1S/C23H25F3N2O3/c1-14-10-16(11-15(2)20(14)31-22(3,4)5)12-27-13-19(29)28(21(27)30)18-8-6-17(7-9-18)23(24,25)26/h6-11H,12-13H2,1-5H3. The second-order valence-electron chi connectivity index (χ2n) is 8.69. The number of aryl methyl sites for hydroxylation is 2. The number of urea groups is 1. The van der Waals surface area contributed by atoms with Crippen molar-refractivity contribution in [3.63, 3.8) is 0 Å². The minimum absolute atomic E-state index is 0.117. The van der Waals surface area contributed by atoms with Crippen molar-refractivity contribution < 1.29 is 27.5 Å². The van der Waals surface area contributed by atoms with Crippen molar-refractivity contribution in [1.82, 2.24) is 4.90 Å². The lowest BCUT2D eigenvalue weighted by Crippen LogP contribution is -2.32. The Morgan fingerprint density at radius 1 is 0.968 bits per heavy atom. The van der Waals surface area contributed by atoms with E-state index in [1.165, 1.54) is 4.90 Å². The Hall–Kier alpha value is -3.03. The first-order valence-electron chi connectivity index (χ1n) is 9.84. The molecule has 1 saturated heterocycles. The summed E-state index contributed by atoms with van der Waals surface area (Å²) in [5, 5.41) is 0. The molecule has 0 N–H and O–H groups in total. The molecule has 31 heavy (non-hydrogen) atoms. The molecule has 1 heterocycles. The highest BCUT2D eigenvalue weighted by Crippen LogP contribution is 2.32. The van der Waals surface area contributed by atoms with Crippen molar-refractivity contribution in [1.29, 1.82) is 0 Å². The maximum absolute atomic E-state index is 12.8. The van der Waals surface area contributed by atoms with E-state index in [1.54, 1.807) is 0 Å². The number of hydrogen-bond acceptors (Lipinski definition) is 3. The van der Waals surface area contributed by atoms with Crippen molar-refractivity contribution in [3.8, 4) is 5.75 Å². The van der Waals surface area contributed by atoms with Crippen LogP contribution in [0, 0.1) is 13.8 Å². The zero-order valence-electron chi connectivity index (χ0n) is 18.1. The number of halogens is 3. The molecule has 0 bridgehead atoms. The zero-order valence-corrected chi connectivity index (χ0v) is 18.1. The summed E-state index contributed by atoms with van der Waals surface area (Å²) in [7, 11) is 0. The molecule has 1 aliphatic rings.